The van der Waals surface area contributed by atoms with Gasteiger partial charge in [-0.3, -0.25) is 4.79 Å². The van der Waals surface area contributed by atoms with Crippen molar-refractivity contribution < 1.29 is 19.1 Å². The Morgan fingerprint density at radius 3 is 2.25 bits per heavy atom. The molecule has 7 heteroatoms. The number of rotatable bonds is 8. The zero-order valence-corrected chi connectivity index (χ0v) is 19.1. The molecule has 1 atom stereocenters. The average Bonchev–Trinajstić information content (AvgIpc) is 3.25. The molecule has 0 aliphatic carbocycles. The van der Waals surface area contributed by atoms with Crippen molar-refractivity contribution in [3.63, 3.8) is 0 Å². The van der Waals surface area contributed by atoms with Gasteiger partial charge >= 0.3 is 5.97 Å². The van der Waals surface area contributed by atoms with Crippen LogP contribution in [-0.4, -0.2) is 41.4 Å². The minimum Gasteiger partial charge on any atom is -0.497 e. The number of methoxy groups -OCH3 is 1. The summed E-state index contributed by atoms with van der Waals surface area (Å²) in [6.07, 6.45) is 0. The molecule has 0 radical (unpaired) electrons. The summed E-state index contributed by atoms with van der Waals surface area (Å²) in [5.74, 6) is 0.465. The number of carbonyl (C=O) groups excluding carboxylic acids is 2. The van der Waals surface area contributed by atoms with Crippen molar-refractivity contribution in [2.45, 2.75) is 33.7 Å². The molecule has 1 heterocycles. The number of esters is 1. The zero-order valence-electron chi connectivity index (χ0n) is 19.1. The van der Waals surface area contributed by atoms with Crippen molar-refractivity contribution in [2.24, 2.45) is 5.92 Å². The fourth-order valence-electron chi connectivity index (χ4n) is 3.06. The first-order chi connectivity index (χ1) is 15.3. The fraction of sp³-hybridized carbons (Fsp3) is 0.320. The molecule has 2 aromatic carbocycles. The Labute approximate surface area is 188 Å². The number of nitrogens with zero attached hydrogens (tertiary/aromatic N) is 2. The third kappa shape index (κ3) is 5.17. The Hall–Kier alpha value is -3.61. The van der Waals surface area contributed by atoms with Crippen molar-refractivity contribution in [2.75, 3.05) is 13.7 Å². The lowest BCUT2D eigenvalue weighted by Gasteiger charge is -2.17. The minimum atomic E-state index is -0.486. The molecule has 0 spiro atoms. The highest BCUT2D eigenvalue weighted by atomic mass is 16.5. The van der Waals surface area contributed by atoms with Crippen LogP contribution >= 0.6 is 0 Å². The largest absolute Gasteiger partial charge is 0.497 e. The number of benzene rings is 2. The summed E-state index contributed by atoms with van der Waals surface area (Å²) in [6.45, 7) is 8.13. The number of carbonyl (C=O) groups is 2. The van der Waals surface area contributed by atoms with Crippen LogP contribution in [0.3, 0.4) is 0 Å². The van der Waals surface area contributed by atoms with Gasteiger partial charge in [0.05, 0.1) is 25.1 Å². The Kier molecular flexibility index (Phi) is 7.30. The smallest absolute Gasteiger partial charge is 0.358 e. The molecule has 0 fully saturated rings. The van der Waals surface area contributed by atoms with Gasteiger partial charge in [0.25, 0.3) is 5.91 Å². The number of hydrogen-bond donors (Lipinski definition) is 1. The highest BCUT2D eigenvalue weighted by Gasteiger charge is 2.18. The van der Waals surface area contributed by atoms with Gasteiger partial charge in [0.2, 0.25) is 0 Å². The molecule has 1 N–H and O–H groups in total. The normalized spacial score (nSPS) is 11.8. The summed E-state index contributed by atoms with van der Waals surface area (Å²) in [5.41, 5.74) is 3.08. The maximum absolute atomic E-state index is 12.5. The van der Waals surface area contributed by atoms with Crippen LogP contribution in [0.15, 0.2) is 54.6 Å². The number of hydrogen-bond acceptors (Lipinski definition) is 5. The molecule has 1 amide bonds. The maximum atomic E-state index is 12.5. The molecule has 0 aliphatic rings. The summed E-state index contributed by atoms with van der Waals surface area (Å²) in [7, 11) is 1.61. The Morgan fingerprint density at radius 1 is 1.03 bits per heavy atom. The highest BCUT2D eigenvalue weighted by molar-refractivity contribution is 5.94. The lowest BCUT2D eigenvalue weighted by molar-refractivity contribution is 0.0518. The number of nitrogens with one attached hydrogen (secondary N) is 1. The summed E-state index contributed by atoms with van der Waals surface area (Å²) >= 11 is 0. The van der Waals surface area contributed by atoms with E-state index in [1.165, 1.54) is 0 Å². The molecule has 1 aromatic heterocycles. The van der Waals surface area contributed by atoms with E-state index in [4.69, 9.17) is 9.47 Å². The van der Waals surface area contributed by atoms with Crippen LogP contribution in [0.2, 0.25) is 0 Å². The van der Waals surface area contributed by atoms with E-state index in [2.05, 4.69) is 24.3 Å². The number of amides is 1. The van der Waals surface area contributed by atoms with E-state index in [9.17, 15) is 9.59 Å². The van der Waals surface area contributed by atoms with Gasteiger partial charge in [-0.1, -0.05) is 13.8 Å². The summed E-state index contributed by atoms with van der Waals surface area (Å²) in [6, 6.07) is 16.4. The van der Waals surface area contributed by atoms with Crippen LogP contribution in [-0.2, 0) is 4.74 Å². The van der Waals surface area contributed by atoms with E-state index < -0.39 is 5.97 Å². The summed E-state index contributed by atoms with van der Waals surface area (Å²) < 4.78 is 12.0. The molecule has 0 saturated carbocycles. The van der Waals surface area contributed by atoms with Gasteiger partial charge in [-0.05, 0) is 74.4 Å². The monoisotopic (exact) mass is 435 g/mol. The van der Waals surface area contributed by atoms with Gasteiger partial charge in [-0.25, -0.2) is 9.48 Å². The van der Waals surface area contributed by atoms with Crippen molar-refractivity contribution >= 4 is 11.9 Å². The second-order valence-electron chi connectivity index (χ2n) is 7.83. The molecule has 3 rings (SSSR count). The first-order valence-electron chi connectivity index (χ1n) is 10.7. The van der Waals surface area contributed by atoms with Crippen LogP contribution in [0.4, 0.5) is 0 Å². The average molecular weight is 436 g/mol. The van der Waals surface area contributed by atoms with Gasteiger partial charge in [0.15, 0.2) is 5.69 Å². The van der Waals surface area contributed by atoms with Gasteiger partial charge in [0.1, 0.15) is 5.75 Å². The van der Waals surface area contributed by atoms with Gasteiger partial charge < -0.3 is 14.8 Å². The first-order valence-corrected chi connectivity index (χ1v) is 10.7. The summed E-state index contributed by atoms with van der Waals surface area (Å²) in [5, 5.41) is 7.48. The van der Waals surface area contributed by atoms with Crippen molar-refractivity contribution in [1.82, 2.24) is 15.1 Å². The molecule has 0 aliphatic heterocycles. The lowest BCUT2D eigenvalue weighted by atomic mass is 10.1. The van der Waals surface area contributed by atoms with E-state index in [0.29, 0.717) is 11.5 Å². The van der Waals surface area contributed by atoms with E-state index in [0.717, 1.165) is 22.7 Å². The van der Waals surface area contributed by atoms with Crippen LogP contribution < -0.4 is 10.1 Å². The SMILES string of the molecule is CCOC(=O)c1cc(-c2ccc(OC)cc2)n(-c2ccc(C(=O)N[C@H](C)C(C)C)cc2)n1. The second-order valence-corrected chi connectivity index (χ2v) is 7.83. The topological polar surface area (TPSA) is 82.5 Å². The van der Waals surface area contributed by atoms with Crippen LogP contribution in [0.1, 0.15) is 48.5 Å². The Balaban J connectivity index is 1.96. The predicted octanol–water partition coefficient (Wildman–Crippen LogP) is 4.50. The van der Waals surface area contributed by atoms with Crippen molar-refractivity contribution in [3.05, 3.63) is 65.9 Å². The maximum Gasteiger partial charge on any atom is 0.358 e. The fourth-order valence-corrected chi connectivity index (χ4v) is 3.06. The molecule has 32 heavy (non-hydrogen) atoms. The van der Waals surface area contributed by atoms with Gasteiger partial charge in [-0.15, -0.1) is 0 Å². The quantitative estimate of drug-likeness (QED) is 0.527. The van der Waals surface area contributed by atoms with E-state index in [-0.39, 0.29) is 24.2 Å². The van der Waals surface area contributed by atoms with E-state index in [1.807, 2.05) is 43.3 Å². The van der Waals surface area contributed by atoms with Gasteiger partial charge in [0, 0.05) is 17.2 Å². The molecule has 0 bridgehead atoms. The van der Waals surface area contributed by atoms with E-state index >= 15 is 0 Å². The standard InChI is InChI=1S/C25H29N3O4/c1-6-32-25(30)22-15-23(18-9-13-21(31-5)14-10-18)28(27-22)20-11-7-19(8-12-20)24(29)26-17(4)16(2)3/h7-17H,6H2,1-5H3,(H,26,29)/t17-/m1/s1. The number of aromatic nitrogens is 2. The molecular formula is C25H29N3O4. The lowest BCUT2D eigenvalue weighted by Crippen LogP contribution is -2.36. The second kappa shape index (κ2) is 10.1. The van der Waals surface area contributed by atoms with Crippen molar-refractivity contribution in [3.8, 4) is 22.7 Å². The molecule has 168 valence electrons. The third-order valence-electron chi connectivity index (χ3n) is 5.31. The summed E-state index contributed by atoms with van der Waals surface area (Å²) in [4.78, 5) is 24.8. The highest BCUT2D eigenvalue weighted by Crippen LogP contribution is 2.26. The molecular weight excluding hydrogens is 406 g/mol. The third-order valence-corrected chi connectivity index (χ3v) is 5.31. The first kappa shape index (κ1) is 23.1. The molecule has 0 unspecified atom stereocenters. The van der Waals surface area contributed by atoms with Gasteiger partial charge in [-0.2, -0.15) is 5.10 Å². The van der Waals surface area contributed by atoms with Crippen molar-refractivity contribution in [1.29, 1.82) is 0 Å². The Bertz CT molecular complexity index is 1070. The molecule has 3 aromatic rings. The van der Waals surface area contributed by atoms with Crippen LogP contribution in [0, 0.1) is 5.92 Å². The Morgan fingerprint density at radius 2 is 1.69 bits per heavy atom. The van der Waals surface area contributed by atoms with E-state index in [1.54, 1.807) is 36.9 Å². The molecule has 7 nitrogen and oxygen atoms in total. The van der Waals surface area contributed by atoms with Crippen LogP contribution in [0.25, 0.3) is 16.9 Å². The zero-order chi connectivity index (χ0) is 23.3. The molecule has 0 saturated heterocycles. The predicted molar refractivity (Wildman–Crippen MR) is 123 cm³/mol. The van der Waals surface area contributed by atoms with Crippen LogP contribution in [0.5, 0.6) is 5.75 Å². The minimum absolute atomic E-state index is 0.0714. The number of ether oxygens (including phenoxy) is 2.